The molecule has 1 aliphatic heterocycles. The summed E-state index contributed by atoms with van der Waals surface area (Å²) in [7, 11) is 0. The number of piperidine rings is 1. The van der Waals surface area contributed by atoms with E-state index in [0.29, 0.717) is 19.6 Å². The molecule has 0 aromatic heterocycles. The van der Waals surface area contributed by atoms with Crippen molar-refractivity contribution in [3.63, 3.8) is 0 Å². The molecule has 1 saturated heterocycles. The van der Waals surface area contributed by atoms with Gasteiger partial charge in [-0.05, 0) is 42.5 Å². The van der Waals surface area contributed by atoms with Gasteiger partial charge < -0.3 is 14.5 Å². The summed E-state index contributed by atoms with van der Waals surface area (Å²) in [6.07, 6.45) is 3.33. The van der Waals surface area contributed by atoms with E-state index >= 15 is 0 Å². The third kappa shape index (κ3) is 6.13. The van der Waals surface area contributed by atoms with Gasteiger partial charge in [-0.3, -0.25) is 4.79 Å². The van der Waals surface area contributed by atoms with Gasteiger partial charge in [-0.15, -0.1) is 0 Å². The molecule has 178 valence electrons. The molecule has 34 heavy (non-hydrogen) atoms. The molecule has 0 N–H and O–H groups in total. The maximum absolute atomic E-state index is 13.3. The van der Waals surface area contributed by atoms with E-state index in [2.05, 4.69) is 47.4 Å². The van der Waals surface area contributed by atoms with Gasteiger partial charge in [0.15, 0.2) is 0 Å². The Morgan fingerprint density at radius 2 is 1.41 bits per heavy atom. The second-order valence-corrected chi connectivity index (χ2v) is 9.20. The van der Waals surface area contributed by atoms with Gasteiger partial charge >= 0.3 is 0 Å². The van der Waals surface area contributed by atoms with Crippen LogP contribution in [-0.2, 0) is 22.6 Å². The number of carbonyl (C=O) groups excluding carboxylic acids is 1. The van der Waals surface area contributed by atoms with E-state index in [4.69, 9.17) is 4.74 Å². The number of hydrogen-bond acceptors (Lipinski definition) is 3. The Hall–Kier alpha value is -2.95. The molecule has 0 aliphatic carbocycles. The van der Waals surface area contributed by atoms with Gasteiger partial charge in [0.05, 0.1) is 18.8 Å². The maximum Gasteiger partial charge on any atom is 0.227 e. The molecule has 1 aliphatic rings. The molecule has 0 unspecified atom stereocenters. The third-order valence-electron chi connectivity index (χ3n) is 6.87. The fourth-order valence-electron chi connectivity index (χ4n) is 4.91. The van der Waals surface area contributed by atoms with Crippen LogP contribution in [0.4, 0.5) is 5.69 Å². The number of nitrogens with zero attached hydrogens (tertiary/aromatic N) is 2. The van der Waals surface area contributed by atoms with Crippen molar-refractivity contribution < 1.29 is 9.53 Å². The summed E-state index contributed by atoms with van der Waals surface area (Å²) in [6, 6.07) is 31.1. The highest BCUT2D eigenvalue weighted by molar-refractivity contribution is 5.94. The highest BCUT2D eigenvalue weighted by Gasteiger charge is 2.43. The van der Waals surface area contributed by atoms with Crippen LogP contribution in [0.1, 0.15) is 37.3 Å². The Balaban J connectivity index is 1.50. The molecular formula is C30H36N2O2. The van der Waals surface area contributed by atoms with E-state index in [1.807, 2.05) is 60.4 Å². The van der Waals surface area contributed by atoms with Crippen LogP contribution in [0.15, 0.2) is 91.0 Å². The van der Waals surface area contributed by atoms with E-state index < -0.39 is 0 Å². The summed E-state index contributed by atoms with van der Waals surface area (Å²) in [6.45, 7) is 6.01. The number of carbonyl (C=O) groups is 1. The van der Waals surface area contributed by atoms with E-state index in [-0.39, 0.29) is 11.4 Å². The molecule has 3 aromatic carbocycles. The number of para-hydroxylation sites is 1. The summed E-state index contributed by atoms with van der Waals surface area (Å²) in [4.78, 5) is 17.9. The van der Waals surface area contributed by atoms with E-state index in [1.165, 1.54) is 5.56 Å². The van der Waals surface area contributed by atoms with Gasteiger partial charge in [0.25, 0.3) is 0 Å². The highest BCUT2D eigenvalue weighted by atomic mass is 16.5. The first kappa shape index (κ1) is 24.2. The SMILES string of the molecule is CCC(=O)N(c1ccccc1)C1(COCc2ccccc2)CCN(CCc2ccccc2)CC1. The molecule has 0 spiro atoms. The summed E-state index contributed by atoms with van der Waals surface area (Å²) in [5.41, 5.74) is 3.16. The van der Waals surface area contributed by atoms with Crippen molar-refractivity contribution in [2.75, 3.05) is 31.1 Å². The zero-order valence-corrected chi connectivity index (χ0v) is 20.2. The largest absolute Gasteiger partial charge is 0.374 e. The zero-order valence-electron chi connectivity index (χ0n) is 20.2. The Bertz CT molecular complexity index is 1000. The lowest BCUT2D eigenvalue weighted by Crippen LogP contribution is -2.60. The highest BCUT2D eigenvalue weighted by Crippen LogP contribution is 2.35. The molecular weight excluding hydrogens is 420 g/mol. The molecule has 0 radical (unpaired) electrons. The number of likely N-dealkylation sites (tertiary alicyclic amines) is 1. The van der Waals surface area contributed by atoms with Gasteiger partial charge in [-0.25, -0.2) is 0 Å². The minimum atomic E-state index is -0.341. The van der Waals surface area contributed by atoms with Crippen LogP contribution < -0.4 is 4.90 Å². The summed E-state index contributed by atoms with van der Waals surface area (Å²) < 4.78 is 6.31. The number of hydrogen-bond donors (Lipinski definition) is 0. The molecule has 0 bridgehead atoms. The van der Waals surface area contributed by atoms with E-state index in [9.17, 15) is 4.79 Å². The minimum absolute atomic E-state index is 0.159. The number of amides is 1. The van der Waals surface area contributed by atoms with E-state index in [0.717, 1.165) is 50.1 Å². The Morgan fingerprint density at radius 3 is 2.00 bits per heavy atom. The molecule has 4 heteroatoms. The molecule has 4 rings (SSSR count). The predicted molar refractivity (Wildman–Crippen MR) is 139 cm³/mol. The zero-order chi connectivity index (χ0) is 23.6. The van der Waals surface area contributed by atoms with Crippen molar-refractivity contribution in [3.05, 3.63) is 102 Å². The molecule has 1 fully saturated rings. The first-order valence-corrected chi connectivity index (χ1v) is 12.5. The van der Waals surface area contributed by atoms with Crippen LogP contribution in [0, 0.1) is 0 Å². The standard InChI is InChI=1S/C30H36N2O2/c1-2-29(33)32(28-16-10-5-11-17-28)30(25-34-24-27-14-8-4-9-15-27)19-22-31(23-20-30)21-18-26-12-6-3-7-13-26/h3-17H,2,18-25H2,1H3. The van der Waals surface area contributed by atoms with Gasteiger partial charge in [0, 0.05) is 31.7 Å². The fourth-order valence-corrected chi connectivity index (χ4v) is 4.91. The van der Waals surface area contributed by atoms with Crippen molar-refractivity contribution in [1.29, 1.82) is 0 Å². The lowest BCUT2D eigenvalue weighted by molar-refractivity contribution is -0.120. The first-order chi connectivity index (χ1) is 16.7. The smallest absolute Gasteiger partial charge is 0.227 e. The Morgan fingerprint density at radius 1 is 0.853 bits per heavy atom. The first-order valence-electron chi connectivity index (χ1n) is 12.5. The van der Waals surface area contributed by atoms with Crippen molar-refractivity contribution in [2.24, 2.45) is 0 Å². The lowest BCUT2D eigenvalue weighted by Gasteiger charge is -2.48. The van der Waals surface area contributed by atoms with Crippen molar-refractivity contribution in [1.82, 2.24) is 4.90 Å². The second kappa shape index (κ2) is 12.0. The molecule has 3 aromatic rings. The van der Waals surface area contributed by atoms with Crippen LogP contribution in [0.5, 0.6) is 0 Å². The Kier molecular flexibility index (Phi) is 8.51. The van der Waals surface area contributed by atoms with Crippen LogP contribution in [-0.4, -0.2) is 42.6 Å². The average molecular weight is 457 g/mol. The molecule has 1 heterocycles. The predicted octanol–water partition coefficient (Wildman–Crippen LogP) is 5.72. The second-order valence-electron chi connectivity index (χ2n) is 9.20. The molecule has 4 nitrogen and oxygen atoms in total. The van der Waals surface area contributed by atoms with Crippen LogP contribution >= 0.6 is 0 Å². The average Bonchev–Trinajstić information content (AvgIpc) is 2.90. The number of anilines is 1. The normalized spacial score (nSPS) is 15.7. The van der Waals surface area contributed by atoms with E-state index in [1.54, 1.807) is 0 Å². The maximum atomic E-state index is 13.3. The quantitative estimate of drug-likeness (QED) is 0.391. The molecule has 0 saturated carbocycles. The monoisotopic (exact) mass is 456 g/mol. The van der Waals surface area contributed by atoms with Crippen molar-refractivity contribution >= 4 is 11.6 Å². The van der Waals surface area contributed by atoms with Crippen LogP contribution in [0.3, 0.4) is 0 Å². The van der Waals surface area contributed by atoms with Gasteiger partial charge in [0.2, 0.25) is 5.91 Å². The molecule has 1 amide bonds. The van der Waals surface area contributed by atoms with Crippen molar-refractivity contribution in [2.45, 2.75) is 44.8 Å². The fraction of sp³-hybridized carbons (Fsp3) is 0.367. The van der Waals surface area contributed by atoms with Crippen LogP contribution in [0.25, 0.3) is 0 Å². The van der Waals surface area contributed by atoms with Gasteiger partial charge in [-0.1, -0.05) is 85.8 Å². The number of ether oxygens (including phenoxy) is 1. The Labute approximate surface area is 204 Å². The summed E-state index contributed by atoms with van der Waals surface area (Å²) in [5.74, 6) is 0.159. The topological polar surface area (TPSA) is 32.8 Å². The van der Waals surface area contributed by atoms with Crippen molar-refractivity contribution in [3.8, 4) is 0 Å². The number of benzene rings is 3. The van der Waals surface area contributed by atoms with Gasteiger partial charge in [-0.2, -0.15) is 0 Å². The molecule has 0 atom stereocenters. The van der Waals surface area contributed by atoms with Gasteiger partial charge in [0.1, 0.15) is 0 Å². The minimum Gasteiger partial charge on any atom is -0.374 e. The lowest BCUT2D eigenvalue weighted by atomic mass is 9.85. The van der Waals surface area contributed by atoms with Crippen LogP contribution in [0.2, 0.25) is 0 Å². The third-order valence-corrected chi connectivity index (χ3v) is 6.87. The summed E-state index contributed by atoms with van der Waals surface area (Å²) >= 11 is 0. The summed E-state index contributed by atoms with van der Waals surface area (Å²) in [5, 5.41) is 0. The number of rotatable bonds is 10.